The first-order valence-electron chi connectivity index (χ1n) is 6.48. The summed E-state index contributed by atoms with van der Waals surface area (Å²) in [5.74, 6) is 4.05. The van der Waals surface area contributed by atoms with Crippen molar-refractivity contribution in [3.05, 3.63) is 35.1 Å². The number of piperidine rings is 1. The summed E-state index contributed by atoms with van der Waals surface area (Å²) in [5, 5.41) is 18.2. The van der Waals surface area contributed by atoms with E-state index in [-0.39, 0.29) is 18.7 Å². The number of amides is 1. The lowest BCUT2D eigenvalue weighted by Crippen LogP contribution is -2.42. The molecule has 2 rings (SSSR count). The van der Waals surface area contributed by atoms with Crippen molar-refractivity contribution in [3.63, 3.8) is 0 Å². The lowest BCUT2D eigenvalue weighted by Gasteiger charge is -2.30. The fraction of sp³-hybridized carbons (Fsp3) is 0.400. The Morgan fingerprint density at radius 3 is 3.00 bits per heavy atom. The van der Waals surface area contributed by atoms with Crippen molar-refractivity contribution in [2.24, 2.45) is 0 Å². The summed E-state index contributed by atoms with van der Waals surface area (Å²) in [6.45, 7) is 0.450. The number of β-amino-alcohol motifs (C(OH)–C–C–N with tert-alkyl or cyclic N) is 1. The summed E-state index contributed by atoms with van der Waals surface area (Å²) < 4.78 is 13.8. The van der Waals surface area contributed by atoms with Gasteiger partial charge in [-0.2, -0.15) is 0 Å². The molecule has 1 atom stereocenters. The van der Waals surface area contributed by atoms with Crippen molar-refractivity contribution in [1.29, 1.82) is 0 Å². The Morgan fingerprint density at radius 1 is 1.50 bits per heavy atom. The Hall–Kier alpha value is -1.90. The minimum atomic E-state index is -0.607. The molecule has 1 aromatic rings. The maximum absolute atomic E-state index is 13.8. The summed E-state index contributed by atoms with van der Waals surface area (Å²) in [6, 6.07) is 4.02. The lowest BCUT2D eigenvalue weighted by atomic mass is 10.0. The molecule has 106 valence electrons. The average Bonchev–Trinajstić information content (AvgIpc) is 2.45. The Kier molecular flexibility index (Phi) is 4.72. The summed E-state index contributed by atoms with van der Waals surface area (Å²) in [7, 11) is 0. The van der Waals surface area contributed by atoms with Gasteiger partial charge in [-0.15, -0.1) is 0 Å². The van der Waals surface area contributed by atoms with Crippen LogP contribution in [-0.2, 0) is 0 Å². The Balaban J connectivity index is 2.24. The molecule has 1 heterocycles. The van der Waals surface area contributed by atoms with Crippen molar-refractivity contribution < 1.29 is 19.4 Å². The molecule has 1 amide bonds. The van der Waals surface area contributed by atoms with Crippen molar-refractivity contribution in [3.8, 4) is 11.8 Å². The molecule has 0 aliphatic carbocycles. The number of carbonyl (C=O) groups is 1. The number of aliphatic hydroxyl groups excluding tert-OH is 2. The van der Waals surface area contributed by atoms with Gasteiger partial charge in [0.2, 0.25) is 0 Å². The fourth-order valence-electron chi connectivity index (χ4n) is 2.22. The van der Waals surface area contributed by atoms with E-state index < -0.39 is 17.8 Å². The van der Waals surface area contributed by atoms with Gasteiger partial charge >= 0.3 is 0 Å². The van der Waals surface area contributed by atoms with Crippen LogP contribution in [0, 0.1) is 17.7 Å². The molecule has 2 N–H and O–H groups in total. The first-order valence-corrected chi connectivity index (χ1v) is 6.48. The van der Waals surface area contributed by atoms with Crippen LogP contribution in [0.3, 0.4) is 0 Å². The van der Waals surface area contributed by atoms with Crippen LogP contribution in [0.5, 0.6) is 0 Å². The molecule has 4 nitrogen and oxygen atoms in total. The molecule has 1 aromatic carbocycles. The predicted molar refractivity (Wildman–Crippen MR) is 71.5 cm³/mol. The van der Waals surface area contributed by atoms with Gasteiger partial charge in [0.25, 0.3) is 5.91 Å². The molecule has 1 unspecified atom stereocenters. The van der Waals surface area contributed by atoms with Gasteiger partial charge in [0.05, 0.1) is 11.7 Å². The van der Waals surface area contributed by atoms with E-state index in [0.717, 1.165) is 0 Å². The van der Waals surface area contributed by atoms with Crippen LogP contribution in [-0.4, -0.2) is 46.8 Å². The minimum absolute atomic E-state index is 0.0520. The van der Waals surface area contributed by atoms with Crippen LogP contribution in [0.2, 0.25) is 0 Å². The second-order valence-corrected chi connectivity index (χ2v) is 4.70. The van der Waals surface area contributed by atoms with Gasteiger partial charge in [-0.25, -0.2) is 4.39 Å². The summed E-state index contributed by atoms with van der Waals surface area (Å²) in [5.41, 5.74) is 0.421. The number of benzene rings is 1. The van der Waals surface area contributed by atoms with E-state index in [9.17, 15) is 14.3 Å². The minimum Gasteiger partial charge on any atom is -0.391 e. The van der Waals surface area contributed by atoms with Crippen LogP contribution in [0.1, 0.15) is 28.8 Å². The highest BCUT2D eigenvalue weighted by molar-refractivity contribution is 5.95. The molecule has 1 fully saturated rings. The molecule has 0 spiro atoms. The Labute approximate surface area is 116 Å². The van der Waals surface area contributed by atoms with Crippen molar-refractivity contribution >= 4 is 5.91 Å². The largest absolute Gasteiger partial charge is 0.391 e. The molecule has 1 aliphatic rings. The van der Waals surface area contributed by atoms with Crippen molar-refractivity contribution in [2.45, 2.75) is 18.9 Å². The molecule has 0 bridgehead atoms. The van der Waals surface area contributed by atoms with Gasteiger partial charge in [-0.1, -0.05) is 11.8 Å². The maximum atomic E-state index is 13.8. The van der Waals surface area contributed by atoms with Gasteiger partial charge in [0, 0.05) is 18.7 Å². The quantitative estimate of drug-likeness (QED) is 0.745. The number of hydrogen-bond donors (Lipinski definition) is 2. The van der Waals surface area contributed by atoms with Gasteiger partial charge < -0.3 is 15.1 Å². The smallest absolute Gasteiger partial charge is 0.256 e. The highest BCUT2D eigenvalue weighted by atomic mass is 19.1. The van der Waals surface area contributed by atoms with E-state index in [4.69, 9.17) is 5.11 Å². The third-order valence-electron chi connectivity index (χ3n) is 3.19. The molecular weight excluding hydrogens is 261 g/mol. The summed E-state index contributed by atoms with van der Waals surface area (Å²) in [6.07, 6.45) is 0.820. The number of likely N-dealkylation sites (tertiary alicyclic amines) is 1. The van der Waals surface area contributed by atoms with Gasteiger partial charge in [-0.3, -0.25) is 4.79 Å². The molecule has 5 heteroatoms. The van der Waals surface area contributed by atoms with E-state index >= 15 is 0 Å². The zero-order valence-electron chi connectivity index (χ0n) is 11.0. The van der Waals surface area contributed by atoms with Gasteiger partial charge in [0.1, 0.15) is 12.4 Å². The third-order valence-corrected chi connectivity index (χ3v) is 3.19. The van der Waals surface area contributed by atoms with Crippen molar-refractivity contribution in [2.75, 3.05) is 19.7 Å². The van der Waals surface area contributed by atoms with E-state index in [2.05, 4.69) is 11.8 Å². The number of hydrogen-bond acceptors (Lipinski definition) is 3. The Bertz CT molecular complexity index is 562. The summed E-state index contributed by atoms with van der Waals surface area (Å²) >= 11 is 0. The predicted octanol–water partition coefficient (Wildman–Crippen LogP) is 0.766. The summed E-state index contributed by atoms with van der Waals surface area (Å²) in [4.78, 5) is 13.7. The van der Waals surface area contributed by atoms with E-state index in [1.165, 1.54) is 23.1 Å². The molecule has 0 aromatic heterocycles. The molecule has 1 saturated heterocycles. The number of halogens is 1. The van der Waals surface area contributed by atoms with Crippen LogP contribution in [0.4, 0.5) is 4.39 Å². The standard InChI is InChI=1S/C15H16FNO3/c16-14-6-5-11(3-2-8-18)9-13(14)15(20)17-7-1-4-12(19)10-17/h5-6,9,12,18-19H,1,4,7-8,10H2. The third kappa shape index (κ3) is 3.35. The zero-order chi connectivity index (χ0) is 14.5. The van der Waals surface area contributed by atoms with Gasteiger partial charge in [0.15, 0.2) is 0 Å². The van der Waals surface area contributed by atoms with E-state index in [1.807, 2.05) is 0 Å². The van der Waals surface area contributed by atoms with E-state index in [1.54, 1.807) is 0 Å². The van der Waals surface area contributed by atoms with Crippen molar-refractivity contribution in [1.82, 2.24) is 4.90 Å². The molecule has 1 aliphatic heterocycles. The highest BCUT2D eigenvalue weighted by Crippen LogP contribution is 2.17. The number of carbonyl (C=O) groups excluding carboxylic acids is 1. The SMILES string of the molecule is O=C(c1cc(C#CCO)ccc1F)N1CCCC(O)C1. The first-order chi connectivity index (χ1) is 9.61. The highest BCUT2D eigenvalue weighted by Gasteiger charge is 2.25. The number of rotatable bonds is 1. The maximum Gasteiger partial charge on any atom is 0.256 e. The topological polar surface area (TPSA) is 60.8 Å². The molecule has 20 heavy (non-hydrogen) atoms. The fourth-order valence-corrected chi connectivity index (χ4v) is 2.22. The monoisotopic (exact) mass is 277 g/mol. The second kappa shape index (κ2) is 6.51. The van der Waals surface area contributed by atoms with Crippen LogP contribution >= 0.6 is 0 Å². The lowest BCUT2D eigenvalue weighted by molar-refractivity contribution is 0.0470. The Morgan fingerprint density at radius 2 is 2.30 bits per heavy atom. The number of aliphatic hydroxyl groups is 2. The zero-order valence-corrected chi connectivity index (χ0v) is 11.0. The van der Waals surface area contributed by atoms with Gasteiger partial charge in [-0.05, 0) is 31.0 Å². The van der Waals surface area contributed by atoms with Crippen LogP contribution in [0.15, 0.2) is 18.2 Å². The normalized spacial score (nSPS) is 18.4. The molecule has 0 saturated carbocycles. The number of nitrogens with zero attached hydrogens (tertiary/aromatic N) is 1. The first kappa shape index (κ1) is 14.5. The molecular formula is C15H16FNO3. The second-order valence-electron chi connectivity index (χ2n) is 4.70. The van der Waals surface area contributed by atoms with Crippen LogP contribution < -0.4 is 0 Å². The van der Waals surface area contributed by atoms with E-state index in [0.29, 0.717) is 24.9 Å². The average molecular weight is 277 g/mol. The molecule has 0 radical (unpaired) electrons. The van der Waals surface area contributed by atoms with Crippen LogP contribution in [0.25, 0.3) is 0 Å².